The second-order valence-corrected chi connectivity index (χ2v) is 6.01. The highest BCUT2D eigenvalue weighted by molar-refractivity contribution is 7.99. The molecule has 2 rings (SSSR count). The highest BCUT2D eigenvalue weighted by atomic mass is 32.2. The third-order valence-corrected chi connectivity index (χ3v) is 4.72. The van der Waals surface area contributed by atoms with Crippen molar-refractivity contribution in [2.45, 2.75) is 19.4 Å². The van der Waals surface area contributed by atoms with Gasteiger partial charge < -0.3 is 15.2 Å². The van der Waals surface area contributed by atoms with Crippen LogP contribution in [-0.2, 0) is 14.3 Å². The molecule has 0 aromatic heterocycles. The zero-order valence-electron chi connectivity index (χ0n) is 9.77. The fourth-order valence-corrected chi connectivity index (χ4v) is 3.34. The molecule has 0 saturated carbocycles. The van der Waals surface area contributed by atoms with Crippen LogP contribution in [0.25, 0.3) is 0 Å². The zero-order chi connectivity index (χ0) is 12.5. The van der Waals surface area contributed by atoms with Crippen molar-refractivity contribution in [3.8, 4) is 0 Å². The van der Waals surface area contributed by atoms with E-state index in [-0.39, 0.29) is 25.0 Å². The minimum absolute atomic E-state index is 0.0265. The first-order valence-electron chi connectivity index (χ1n) is 5.73. The topological polar surface area (TPSA) is 75.6 Å². The maximum Gasteiger partial charge on any atom is 0.313 e. The molecule has 0 aromatic rings. The Hall–Kier alpha value is -0.750. The molecule has 2 N–H and O–H groups in total. The summed E-state index contributed by atoms with van der Waals surface area (Å²) in [7, 11) is 0. The van der Waals surface area contributed by atoms with E-state index in [0.29, 0.717) is 0 Å². The Balaban J connectivity index is 1.98. The van der Waals surface area contributed by atoms with Gasteiger partial charge in [0.2, 0.25) is 5.91 Å². The summed E-state index contributed by atoms with van der Waals surface area (Å²) in [4.78, 5) is 23.1. The number of hydrogen-bond donors (Lipinski definition) is 2. The Labute approximate surface area is 104 Å². The van der Waals surface area contributed by atoms with Crippen LogP contribution in [0.3, 0.4) is 0 Å². The molecular weight excluding hydrogens is 242 g/mol. The van der Waals surface area contributed by atoms with Crippen molar-refractivity contribution in [3.05, 3.63) is 0 Å². The molecule has 3 atom stereocenters. The minimum Gasteiger partial charge on any atom is -0.481 e. The Bertz CT molecular complexity index is 329. The normalized spacial score (nSPS) is 37.0. The molecule has 0 spiro atoms. The number of ether oxygens (including phenoxy) is 1. The summed E-state index contributed by atoms with van der Waals surface area (Å²) in [5.41, 5.74) is -0.999. The fourth-order valence-electron chi connectivity index (χ4n) is 2.12. The molecule has 3 unspecified atom stereocenters. The quantitative estimate of drug-likeness (QED) is 0.764. The summed E-state index contributed by atoms with van der Waals surface area (Å²) in [6.45, 7) is 2.07. The number of nitrogens with one attached hydrogen (secondary N) is 1. The van der Waals surface area contributed by atoms with Gasteiger partial charge in [0.25, 0.3) is 0 Å². The van der Waals surface area contributed by atoms with E-state index in [1.165, 1.54) is 0 Å². The standard InChI is InChI=1S/C11H17NO4S/c1-11(10(14)15)6-16-4-8(11)12-9(13)7-2-3-17-5-7/h7-8H,2-6H2,1H3,(H,12,13)(H,14,15). The monoisotopic (exact) mass is 259 g/mol. The van der Waals surface area contributed by atoms with Gasteiger partial charge in [-0.2, -0.15) is 11.8 Å². The molecule has 2 aliphatic heterocycles. The lowest BCUT2D eigenvalue weighted by molar-refractivity contribution is -0.149. The number of amides is 1. The van der Waals surface area contributed by atoms with E-state index < -0.39 is 17.4 Å². The summed E-state index contributed by atoms with van der Waals surface area (Å²) in [5.74, 6) is 0.927. The van der Waals surface area contributed by atoms with Gasteiger partial charge in [0, 0.05) is 11.7 Å². The number of carboxylic acids is 1. The minimum atomic E-state index is -0.999. The summed E-state index contributed by atoms with van der Waals surface area (Å²) in [6, 6.07) is -0.418. The number of hydrogen-bond acceptors (Lipinski definition) is 4. The largest absolute Gasteiger partial charge is 0.481 e. The number of rotatable bonds is 3. The van der Waals surface area contributed by atoms with Crippen LogP contribution >= 0.6 is 11.8 Å². The highest BCUT2D eigenvalue weighted by Gasteiger charge is 2.47. The van der Waals surface area contributed by atoms with E-state index in [0.717, 1.165) is 17.9 Å². The van der Waals surface area contributed by atoms with Gasteiger partial charge in [-0.05, 0) is 19.1 Å². The highest BCUT2D eigenvalue weighted by Crippen LogP contribution is 2.30. The Morgan fingerprint density at radius 1 is 1.53 bits per heavy atom. The summed E-state index contributed by atoms with van der Waals surface area (Å²) in [6.07, 6.45) is 0.883. The van der Waals surface area contributed by atoms with E-state index >= 15 is 0 Å². The molecule has 2 saturated heterocycles. The Morgan fingerprint density at radius 3 is 2.88 bits per heavy atom. The van der Waals surface area contributed by atoms with Crippen LogP contribution in [0.4, 0.5) is 0 Å². The lowest BCUT2D eigenvalue weighted by Crippen LogP contribution is -2.51. The van der Waals surface area contributed by atoms with Gasteiger partial charge in [-0.3, -0.25) is 9.59 Å². The summed E-state index contributed by atoms with van der Waals surface area (Å²) < 4.78 is 5.20. The number of carbonyl (C=O) groups excluding carboxylic acids is 1. The predicted octanol–water partition coefficient (Wildman–Crippen LogP) is 0.345. The lowest BCUT2D eigenvalue weighted by Gasteiger charge is -2.26. The van der Waals surface area contributed by atoms with E-state index in [4.69, 9.17) is 4.74 Å². The Kier molecular flexibility index (Phi) is 3.63. The van der Waals surface area contributed by atoms with Crippen LogP contribution in [0.15, 0.2) is 0 Å². The van der Waals surface area contributed by atoms with Crippen molar-refractivity contribution < 1.29 is 19.4 Å². The van der Waals surface area contributed by atoms with Gasteiger partial charge in [0.1, 0.15) is 5.41 Å². The van der Waals surface area contributed by atoms with Crippen molar-refractivity contribution in [2.75, 3.05) is 24.7 Å². The van der Waals surface area contributed by atoms with Crippen molar-refractivity contribution in [3.63, 3.8) is 0 Å². The number of carboxylic acid groups (broad SMARTS) is 1. The SMILES string of the molecule is CC1(C(=O)O)COCC1NC(=O)C1CCSC1. The van der Waals surface area contributed by atoms with Gasteiger partial charge in [-0.25, -0.2) is 0 Å². The van der Waals surface area contributed by atoms with Gasteiger partial charge in [0.15, 0.2) is 0 Å². The third-order valence-electron chi connectivity index (χ3n) is 3.56. The van der Waals surface area contributed by atoms with Crippen molar-refractivity contribution in [1.29, 1.82) is 0 Å². The maximum absolute atomic E-state index is 11.9. The van der Waals surface area contributed by atoms with Gasteiger partial charge in [-0.1, -0.05) is 0 Å². The summed E-state index contributed by atoms with van der Waals surface area (Å²) in [5, 5.41) is 12.0. The van der Waals surface area contributed by atoms with Gasteiger partial charge in [-0.15, -0.1) is 0 Å². The van der Waals surface area contributed by atoms with E-state index in [2.05, 4.69) is 5.32 Å². The zero-order valence-corrected chi connectivity index (χ0v) is 10.6. The second kappa shape index (κ2) is 4.86. The molecule has 6 heteroatoms. The second-order valence-electron chi connectivity index (χ2n) is 4.86. The summed E-state index contributed by atoms with van der Waals surface area (Å²) >= 11 is 1.77. The van der Waals surface area contributed by atoms with Crippen molar-refractivity contribution >= 4 is 23.6 Å². The average molecular weight is 259 g/mol. The Morgan fingerprint density at radius 2 is 2.29 bits per heavy atom. The van der Waals surface area contributed by atoms with Crippen LogP contribution in [0, 0.1) is 11.3 Å². The van der Waals surface area contributed by atoms with Crippen LogP contribution in [0.2, 0.25) is 0 Å². The first kappa shape index (κ1) is 12.7. The van der Waals surface area contributed by atoms with Crippen LogP contribution in [0.1, 0.15) is 13.3 Å². The van der Waals surface area contributed by atoms with Crippen molar-refractivity contribution in [2.24, 2.45) is 11.3 Å². The first-order valence-corrected chi connectivity index (χ1v) is 6.89. The maximum atomic E-state index is 11.9. The number of thioether (sulfide) groups is 1. The smallest absolute Gasteiger partial charge is 0.313 e. The molecule has 0 radical (unpaired) electrons. The molecular formula is C11H17NO4S. The number of carbonyl (C=O) groups is 2. The molecule has 0 aliphatic carbocycles. The lowest BCUT2D eigenvalue weighted by atomic mass is 9.85. The van der Waals surface area contributed by atoms with Crippen molar-refractivity contribution in [1.82, 2.24) is 5.32 Å². The van der Waals surface area contributed by atoms with Gasteiger partial charge in [0.05, 0.1) is 19.3 Å². The molecule has 0 aromatic carbocycles. The molecule has 5 nitrogen and oxygen atoms in total. The molecule has 1 amide bonds. The first-order chi connectivity index (χ1) is 8.04. The molecule has 2 aliphatic rings. The van der Waals surface area contributed by atoms with E-state index in [9.17, 15) is 14.7 Å². The van der Waals surface area contributed by atoms with Gasteiger partial charge >= 0.3 is 5.97 Å². The predicted molar refractivity (Wildman–Crippen MR) is 63.9 cm³/mol. The number of aliphatic carboxylic acids is 1. The molecule has 2 fully saturated rings. The molecule has 0 bridgehead atoms. The van der Waals surface area contributed by atoms with Crippen LogP contribution in [-0.4, -0.2) is 47.7 Å². The molecule has 96 valence electrons. The van der Waals surface area contributed by atoms with E-state index in [1.54, 1.807) is 18.7 Å². The fraction of sp³-hybridized carbons (Fsp3) is 0.818. The van der Waals surface area contributed by atoms with Crippen LogP contribution < -0.4 is 5.32 Å². The molecule has 17 heavy (non-hydrogen) atoms. The average Bonchev–Trinajstić information content (AvgIpc) is 2.89. The molecule has 2 heterocycles. The third kappa shape index (κ3) is 2.42. The van der Waals surface area contributed by atoms with E-state index in [1.807, 2.05) is 0 Å². The van der Waals surface area contributed by atoms with Crippen LogP contribution in [0.5, 0.6) is 0 Å².